The maximum Gasteiger partial charge on any atom is 0.410 e. The van der Waals surface area contributed by atoms with Crippen LogP contribution in [-0.2, 0) is 0 Å². The molecule has 0 aliphatic carbocycles. The molecule has 1 heterocycles. The Hall–Kier alpha value is -4.70. The molecule has 37 heavy (non-hydrogen) atoms. The topological polar surface area (TPSA) is 132 Å². The number of nitrogens with two attached hydrogens (primary N) is 1. The second-order valence-corrected chi connectivity index (χ2v) is 8.56. The minimum absolute atomic E-state index is 0.188. The molecule has 4 rings (SSSR count). The van der Waals surface area contributed by atoms with E-state index in [4.69, 9.17) is 15.2 Å². The average molecular weight is 501 g/mol. The van der Waals surface area contributed by atoms with E-state index in [0.29, 0.717) is 40.3 Å². The Bertz CT molecular complexity index is 1410. The number of hydrogen-bond donors (Lipinski definition) is 3. The highest BCUT2D eigenvalue weighted by Gasteiger charge is 2.18. The van der Waals surface area contributed by atoms with Crippen molar-refractivity contribution in [1.82, 2.24) is 14.9 Å². The van der Waals surface area contributed by atoms with Gasteiger partial charge in [-0.2, -0.15) is 0 Å². The van der Waals surface area contributed by atoms with E-state index in [-0.39, 0.29) is 17.7 Å². The molecule has 10 heteroatoms. The minimum Gasteiger partial charge on any atom is -0.497 e. The molecular formula is C27H28N6O4. The molecular weight excluding hydrogens is 472 g/mol. The third-order valence-corrected chi connectivity index (χ3v) is 5.60. The van der Waals surface area contributed by atoms with Crippen molar-refractivity contribution in [2.75, 3.05) is 38.4 Å². The molecule has 0 bridgehead atoms. The predicted octanol–water partition coefficient (Wildman–Crippen LogP) is 4.06. The molecule has 4 N–H and O–H groups in total. The number of ether oxygens (including phenoxy) is 2. The number of rotatable bonds is 9. The molecule has 1 aromatic heterocycles. The Morgan fingerprint density at radius 2 is 1.78 bits per heavy atom. The highest BCUT2D eigenvalue weighted by Crippen LogP contribution is 2.30. The van der Waals surface area contributed by atoms with Gasteiger partial charge in [-0.3, -0.25) is 4.79 Å². The fourth-order valence-electron chi connectivity index (χ4n) is 3.91. The number of hydrogen-bond acceptors (Lipinski definition) is 8. The van der Waals surface area contributed by atoms with Gasteiger partial charge in [-0.05, 0) is 68.2 Å². The molecule has 0 radical (unpaired) electrons. The number of primary amides is 1. The van der Waals surface area contributed by atoms with Crippen molar-refractivity contribution in [3.8, 4) is 11.5 Å². The van der Waals surface area contributed by atoms with Crippen LogP contribution in [-0.4, -0.2) is 54.6 Å². The number of carbonyl (C=O) groups is 2. The van der Waals surface area contributed by atoms with Gasteiger partial charge in [0.15, 0.2) is 5.75 Å². The molecule has 4 aromatic rings. The molecule has 0 aliphatic rings. The maximum atomic E-state index is 12.8. The quantitative estimate of drug-likeness (QED) is 0.313. The highest BCUT2D eigenvalue weighted by molar-refractivity contribution is 6.04. The van der Waals surface area contributed by atoms with Gasteiger partial charge in [0.05, 0.1) is 13.2 Å². The number of carbonyl (C=O) groups excluding carboxylic acids is 2. The van der Waals surface area contributed by atoms with Crippen LogP contribution >= 0.6 is 0 Å². The van der Waals surface area contributed by atoms with Crippen molar-refractivity contribution < 1.29 is 19.1 Å². The number of amides is 2. The van der Waals surface area contributed by atoms with Gasteiger partial charge in [0.1, 0.15) is 23.4 Å². The van der Waals surface area contributed by atoms with Crippen molar-refractivity contribution in [3.63, 3.8) is 0 Å². The van der Waals surface area contributed by atoms with E-state index in [2.05, 4.69) is 20.6 Å². The van der Waals surface area contributed by atoms with Crippen LogP contribution in [0.2, 0.25) is 0 Å². The highest BCUT2D eigenvalue weighted by atomic mass is 16.5. The lowest BCUT2D eigenvalue weighted by molar-refractivity contribution is 0.102. The van der Waals surface area contributed by atoms with Crippen molar-refractivity contribution in [3.05, 3.63) is 84.2 Å². The number of nitrogens with one attached hydrogen (secondary N) is 2. The Morgan fingerprint density at radius 1 is 1.03 bits per heavy atom. The van der Waals surface area contributed by atoms with Gasteiger partial charge in [-0.1, -0.05) is 18.2 Å². The van der Waals surface area contributed by atoms with Gasteiger partial charge in [0.25, 0.3) is 5.91 Å². The van der Waals surface area contributed by atoms with Gasteiger partial charge in [-0.15, -0.1) is 0 Å². The molecule has 10 nitrogen and oxygen atoms in total. The summed E-state index contributed by atoms with van der Waals surface area (Å²) in [5, 5.41) is 7.12. The Morgan fingerprint density at radius 3 is 2.49 bits per heavy atom. The summed E-state index contributed by atoms with van der Waals surface area (Å²) in [5.74, 6) is 1.28. The van der Waals surface area contributed by atoms with E-state index in [0.717, 1.165) is 5.56 Å². The smallest absolute Gasteiger partial charge is 0.410 e. The normalized spacial score (nSPS) is 11.7. The standard InChI is InChI=1S/C27H28N6O4/c1-33(2)15-22(32-25-21-8-5-9-23(37-27(28)35)24(21)29-16-30-25)18-6-4-7-19(14-18)31-26(34)17-10-12-20(36-3)13-11-17/h4-14,16,22H,15H2,1-3H3,(H2,28,35)(H,31,34)(H,29,30,32). The summed E-state index contributed by atoms with van der Waals surface area (Å²) in [6.45, 7) is 0.638. The first-order valence-electron chi connectivity index (χ1n) is 11.5. The number of benzene rings is 3. The first-order valence-corrected chi connectivity index (χ1v) is 11.5. The van der Waals surface area contributed by atoms with Crippen molar-refractivity contribution >= 4 is 34.4 Å². The van der Waals surface area contributed by atoms with Crippen LogP contribution in [0.15, 0.2) is 73.1 Å². The molecule has 0 spiro atoms. The summed E-state index contributed by atoms with van der Waals surface area (Å²) in [7, 11) is 5.53. The second-order valence-electron chi connectivity index (χ2n) is 8.56. The summed E-state index contributed by atoms with van der Waals surface area (Å²) >= 11 is 0. The Labute approximate surface area is 214 Å². The number of aromatic nitrogens is 2. The number of fused-ring (bicyclic) bond motifs is 1. The predicted molar refractivity (Wildman–Crippen MR) is 142 cm³/mol. The first kappa shape index (κ1) is 25.4. The van der Waals surface area contributed by atoms with E-state index in [1.54, 1.807) is 43.5 Å². The Kier molecular flexibility index (Phi) is 7.80. The molecule has 3 aromatic carbocycles. The van der Waals surface area contributed by atoms with Gasteiger partial charge in [-0.25, -0.2) is 14.8 Å². The number of para-hydroxylation sites is 1. The molecule has 1 atom stereocenters. The largest absolute Gasteiger partial charge is 0.497 e. The van der Waals surface area contributed by atoms with E-state index in [9.17, 15) is 9.59 Å². The van der Waals surface area contributed by atoms with Gasteiger partial charge >= 0.3 is 6.09 Å². The van der Waals surface area contributed by atoms with Crippen LogP contribution in [0.3, 0.4) is 0 Å². The molecule has 2 amide bonds. The van der Waals surface area contributed by atoms with Crippen LogP contribution in [0.4, 0.5) is 16.3 Å². The fraction of sp³-hybridized carbons (Fsp3) is 0.185. The second kappa shape index (κ2) is 11.4. The lowest BCUT2D eigenvalue weighted by Gasteiger charge is -2.24. The summed E-state index contributed by atoms with van der Waals surface area (Å²) in [6.07, 6.45) is 0.483. The van der Waals surface area contributed by atoms with Crippen LogP contribution in [0.25, 0.3) is 10.9 Å². The zero-order chi connectivity index (χ0) is 26.4. The van der Waals surface area contributed by atoms with Gasteiger partial charge in [0, 0.05) is 23.2 Å². The lowest BCUT2D eigenvalue weighted by Crippen LogP contribution is -2.26. The number of nitrogens with zero attached hydrogens (tertiary/aromatic N) is 3. The monoisotopic (exact) mass is 500 g/mol. The summed E-state index contributed by atoms with van der Waals surface area (Å²) in [5.41, 5.74) is 7.79. The van der Waals surface area contributed by atoms with Crippen LogP contribution in [0.5, 0.6) is 11.5 Å². The maximum absolute atomic E-state index is 12.8. The molecule has 0 saturated carbocycles. The number of methoxy groups -OCH3 is 1. The van der Waals surface area contributed by atoms with E-state index in [1.807, 2.05) is 49.3 Å². The molecule has 0 fully saturated rings. The zero-order valence-corrected chi connectivity index (χ0v) is 20.8. The third kappa shape index (κ3) is 6.30. The van der Waals surface area contributed by atoms with Gasteiger partial charge in [0.2, 0.25) is 0 Å². The van der Waals surface area contributed by atoms with E-state index < -0.39 is 6.09 Å². The lowest BCUT2D eigenvalue weighted by atomic mass is 10.0. The molecule has 0 saturated heterocycles. The SMILES string of the molecule is COc1ccc(C(=O)Nc2cccc(C(CN(C)C)Nc3ncnc4c(OC(N)=O)cccc34)c2)cc1. The van der Waals surface area contributed by atoms with Crippen LogP contribution in [0.1, 0.15) is 22.0 Å². The van der Waals surface area contributed by atoms with Crippen LogP contribution in [0, 0.1) is 0 Å². The Balaban J connectivity index is 1.61. The van der Waals surface area contributed by atoms with Gasteiger partial charge < -0.3 is 30.7 Å². The number of likely N-dealkylation sites (N-methyl/N-ethyl adjacent to an activating group) is 1. The average Bonchev–Trinajstić information content (AvgIpc) is 2.88. The van der Waals surface area contributed by atoms with Crippen LogP contribution < -0.4 is 25.8 Å². The van der Waals surface area contributed by atoms with Crippen molar-refractivity contribution in [2.24, 2.45) is 5.73 Å². The third-order valence-electron chi connectivity index (χ3n) is 5.60. The number of anilines is 2. The fourth-order valence-corrected chi connectivity index (χ4v) is 3.91. The zero-order valence-electron chi connectivity index (χ0n) is 20.8. The summed E-state index contributed by atoms with van der Waals surface area (Å²) < 4.78 is 10.3. The van der Waals surface area contributed by atoms with Crippen molar-refractivity contribution in [1.29, 1.82) is 0 Å². The minimum atomic E-state index is -0.917. The first-order chi connectivity index (χ1) is 17.8. The summed E-state index contributed by atoms with van der Waals surface area (Å²) in [6, 6.07) is 19.6. The molecule has 1 unspecified atom stereocenters. The van der Waals surface area contributed by atoms with E-state index in [1.165, 1.54) is 6.33 Å². The summed E-state index contributed by atoms with van der Waals surface area (Å²) in [4.78, 5) is 34.8. The van der Waals surface area contributed by atoms with E-state index >= 15 is 0 Å². The van der Waals surface area contributed by atoms with Crippen molar-refractivity contribution in [2.45, 2.75) is 6.04 Å². The molecule has 0 aliphatic heterocycles. The molecule has 190 valence electrons.